The third-order valence-electron chi connectivity index (χ3n) is 7.04. The molecule has 0 unspecified atom stereocenters. The van der Waals surface area contributed by atoms with Gasteiger partial charge < -0.3 is 14.4 Å². The van der Waals surface area contributed by atoms with Gasteiger partial charge in [-0.2, -0.15) is 0 Å². The first kappa shape index (κ1) is 27.5. The molecule has 4 heteroatoms. The molecule has 0 N–H and O–H groups in total. The summed E-state index contributed by atoms with van der Waals surface area (Å²) in [5.74, 6) is 0. The average Bonchev–Trinajstić information content (AvgIpc) is 3.44. The van der Waals surface area contributed by atoms with Crippen LogP contribution in [0.4, 0.5) is 0 Å². The molecule has 0 amide bonds. The summed E-state index contributed by atoms with van der Waals surface area (Å²) >= 11 is 0. The Hall–Kier alpha value is -4.37. The monoisotopic (exact) mass is 739 g/mol. The molecule has 7 rings (SSSR count). The van der Waals surface area contributed by atoms with Crippen LogP contribution >= 0.6 is 0 Å². The van der Waals surface area contributed by atoms with Gasteiger partial charge in [0.15, 0.2) is 0 Å². The van der Waals surface area contributed by atoms with Crippen molar-refractivity contribution in [3.8, 4) is 22.5 Å². The molecule has 0 aliphatic rings. The van der Waals surface area contributed by atoms with Crippen LogP contribution in [0.25, 0.3) is 44.5 Å². The fraction of sp³-hybridized carbons (Fsp3) is 0.128. The first-order valence-electron chi connectivity index (χ1n) is 15.0. The van der Waals surface area contributed by atoms with E-state index in [0.29, 0.717) is 16.7 Å². The molecule has 3 aromatic heterocycles. The molecule has 1 radical (unpaired) electrons. The SMILES string of the molecule is CC(C)(C)c1ccnc(-c2[c-]cc3oc4ccccc4c3c2)c1.[2H]C([2H])(c1ccccc1)c1ccc[c-]c1-c1ccccn1.[Ir]. The number of rotatable bonds is 4. The predicted octanol–water partition coefficient (Wildman–Crippen LogP) is 9.88. The Labute approximate surface area is 269 Å². The molecule has 0 aliphatic heterocycles. The summed E-state index contributed by atoms with van der Waals surface area (Å²) in [5, 5.41) is 2.24. The second-order valence-corrected chi connectivity index (χ2v) is 11.1. The van der Waals surface area contributed by atoms with Gasteiger partial charge in [0.25, 0.3) is 0 Å². The molecule has 0 bridgehead atoms. The van der Waals surface area contributed by atoms with Gasteiger partial charge >= 0.3 is 0 Å². The molecule has 0 fully saturated rings. The van der Waals surface area contributed by atoms with E-state index >= 15 is 0 Å². The number of fused-ring (bicyclic) bond motifs is 3. The fourth-order valence-electron chi connectivity index (χ4n) is 4.80. The van der Waals surface area contributed by atoms with Crippen molar-refractivity contribution in [3.05, 3.63) is 156 Å². The van der Waals surface area contributed by atoms with E-state index in [2.05, 4.69) is 67.1 Å². The maximum atomic E-state index is 8.52. The molecule has 0 atom stereocenters. The second kappa shape index (κ2) is 13.3. The second-order valence-electron chi connectivity index (χ2n) is 11.1. The van der Waals surface area contributed by atoms with E-state index in [1.807, 2.05) is 72.9 Å². The van der Waals surface area contributed by atoms with Gasteiger partial charge in [0.2, 0.25) is 0 Å². The first-order chi connectivity index (χ1) is 21.2. The van der Waals surface area contributed by atoms with Gasteiger partial charge in [0.1, 0.15) is 5.58 Å². The molecule has 3 nitrogen and oxygen atoms in total. The molecule has 43 heavy (non-hydrogen) atoms. The number of para-hydroxylation sites is 1. The Kier molecular flexibility index (Phi) is 8.49. The summed E-state index contributed by atoms with van der Waals surface area (Å²) in [6.07, 6.45) is 1.99. The number of benzene rings is 4. The van der Waals surface area contributed by atoms with Gasteiger partial charge in [-0.05, 0) is 46.9 Å². The minimum Gasteiger partial charge on any atom is -0.500 e. The molecule has 3 heterocycles. The van der Waals surface area contributed by atoms with Crippen molar-refractivity contribution in [2.75, 3.05) is 0 Å². The zero-order valence-corrected chi connectivity index (χ0v) is 26.7. The largest absolute Gasteiger partial charge is 0.500 e. The standard InChI is InChI=1S/C21H18NO.C18H14N.Ir/c1-21(2,3)15-10-11-22-18(13-15)14-8-9-20-17(12-14)16-6-4-5-7-19(16)23-20;1-2-8-15(9-3-1)14-16-10-4-5-11-17(16)18-12-6-7-13-19-18;/h4-7,9-13H,1-3H3;1-10,12-13H,14H2;/q2*-1;/i;14D2;. The summed E-state index contributed by atoms with van der Waals surface area (Å²) in [6, 6.07) is 43.0. The number of pyridine rings is 2. The van der Waals surface area contributed by atoms with Crippen molar-refractivity contribution in [2.45, 2.75) is 32.6 Å². The van der Waals surface area contributed by atoms with E-state index < -0.39 is 6.37 Å². The van der Waals surface area contributed by atoms with Gasteiger partial charge in [0, 0.05) is 40.6 Å². The fourth-order valence-corrected chi connectivity index (χ4v) is 4.80. The normalized spacial score (nSPS) is 12.1. The van der Waals surface area contributed by atoms with Crippen molar-refractivity contribution in [1.29, 1.82) is 0 Å². The van der Waals surface area contributed by atoms with Gasteiger partial charge in [-0.25, -0.2) is 0 Å². The van der Waals surface area contributed by atoms with Gasteiger partial charge in [-0.3, -0.25) is 0 Å². The Bertz CT molecular complexity index is 2030. The van der Waals surface area contributed by atoms with Crippen LogP contribution in [0.1, 0.15) is 40.2 Å². The van der Waals surface area contributed by atoms with Crippen LogP contribution in [0.3, 0.4) is 0 Å². The van der Waals surface area contributed by atoms with Crippen molar-refractivity contribution in [2.24, 2.45) is 0 Å². The summed E-state index contributed by atoms with van der Waals surface area (Å²) in [5.41, 5.74) is 7.72. The Balaban J connectivity index is 0.000000175. The van der Waals surface area contributed by atoms with Gasteiger partial charge in [0.05, 0.1) is 5.58 Å². The van der Waals surface area contributed by atoms with Gasteiger partial charge in [-0.1, -0.05) is 98.5 Å². The summed E-state index contributed by atoms with van der Waals surface area (Å²) in [7, 11) is 0. The van der Waals surface area contributed by atoms with E-state index in [0.717, 1.165) is 38.9 Å². The van der Waals surface area contributed by atoms with Crippen molar-refractivity contribution in [3.63, 3.8) is 0 Å². The molecule has 7 aromatic rings. The van der Waals surface area contributed by atoms with Crippen LogP contribution < -0.4 is 0 Å². The van der Waals surface area contributed by atoms with Crippen LogP contribution in [0.2, 0.25) is 0 Å². The Morgan fingerprint density at radius 3 is 2.28 bits per heavy atom. The van der Waals surface area contributed by atoms with E-state index in [1.165, 1.54) is 5.56 Å². The topological polar surface area (TPSA) is 38.9 Å². The van der Waals surface area contributed by atoms with E-state index in [1.54, 1.807) is 30.5 Å². The molecule has 4 aromatic carbocycles. The minimum absolute atomic E-state index is 0. The number of furan rings is 1. The summed E-state index contributed by atoms with van der Waals surface area (Å²) in [6.45, 7) is 6.63. The smallest absolute Gasteiger partial charge is 0.120 e. The minimum atomic E-state index is -1.59. The number of nitrogens with zero attached hydrogens (tertiary/aromatic N) is 2. The maximum absolute atomic E-state index is 8.52. The molecular weight excluding hydrogens is 705 g/mol. The first-order valence-corrected chi connectivity index (χ1v) is 14.0. The summed E-state index contributed by atoms with van der Waals surface area (Å²) < 4.78 is 22.9. The molecule has 0 spiro atoms. The average molecular weight is 739 g/mol. The predicted molar refractivity (Wildman–Crippen MR) is 172 cm³/mol. The van der Waals surface area contributed by atoms with Crippen LogP contribution in [0.5, 0.6) is 0 Å². The van der Waals surface area contributed by atoms with Crippen LogP contribution in [-0.4, -0.2) is 9.97 Å². The van der Waals surface area contributed by atoms with Gasteiger partial charge in [-0.15, -0.1) is 59.2 Å². The van der Waals surface area contributed by atoms with Crippen LogP contribution in [0.15, 0.2) is 132 Å². The quantitative estimate of drug-likeness (QED) is 0.169. The van der Waals surface area contributed by atoms with E-state index in [9.17, 15) is 0 Å². The maximum Gasteiger partial charge on any atom is 0.120 e. The van der Waals surface area contributed by atoms with Crippen LogP contribution in [0, 0.1) is 12.1 Å². The van der Waals surface area contributed by atoms with E-state index in [4.69, 9.17) is 7.16 Å². The van der Waals surface area contributed by atoms with Crippen LogP contribution in [-0.2, 0) is 31.9 Å². The van der Waals surface area contributed by atoms with Crippen molar-refractivity contribution in [1.82, 2.24) is 9.97 Å². The van der Waals surface area contributed by atoms with Crippen molar-refractivity contribution < 1.29 is 27.3 Å². The Morgan fingerprint density at radius 2 is 1.49 bits per heavy atom. The summed E-state index contributed by atoms with van der Waals surface area (Å²) in [4.78, 5) is 8.85. The zero-order chi connectivity index (χ0) is 30.7. The third-order valence-corrected chi connectivity index (χ3v) is 7.04. The molecular formula is C39H32IrN2O-2. The third kappa shape index (κ3) is 7.00. The zero-order valence-electron chi connectivity index (χ0n) is 26.3. The molecule has 0 aliphatic carbocycles. The molecule has 215 valence electrons. The number of hydrogen-bond donors (Lipinski definition) is 0. The van der Waals surface area contributed by atoms with E-state index in [-0.39, 0.29) is 25.5 Å². The Morgan fingerprint density at radius 1 is 0.721 bits per heavy atom. The molecule has 0 saturated carbocycles. The van der Waals surface area contributed by atoms with Crippen molar-refractivity contribution >= 4 is 21.9 Å². The number of hydrogen-bond acceptors (Lipinski definition) is 3. The molecule has 0 saturated heterocycles. The number of aromatic nitrogens is 2.